The second-order valence-corrected chi connectivity index (χ2v) is 11.9. The molecule has 5 aromatic rings. The van der Waals surface area contributed by atoms with Gasteiger partial charge >= 0.3 is 0 Å². The number of carbonyl (C=O) groups is 2. The molecule has 2 N–H and O–H groups in total. The number of rotatable bonds is 9. The van der Waals surface area contributed by atoms with E-state index >= 15 is 8.78 Å². The molecule has 4 heterocycles. The van der Waals surface area contributed by atoms with Gasteiger partial charge in [0.25, 0.3) is 30.1 Å². The number of hydrogen-bond acceptors (Lipinski definition) is 7. The van der Waals surface area contributed by atoms with Crippen molar-refractivity contribution in [2.45, 2.75) is 56.7 Å². The number of aromatic nitrogens is 7. The number of halogens is 8. The van der Waals surface area contributed by atoms with E-state index in [1.807, 2.05) is 0 Å². The second kappa shape index (κ2) is 12.5. The summed E-state index contributed by atoms with van der Waals surface area (Å²) in [7, 11) is 0. The standard InChI is InChI=1S/C32H23F8N9O2/c33-18-5-15(6-19(34)9-18)7-22(45-23(50)12-48-27-24(26(47-48)28(35)36)31(37,38)3-4-32(27,39)40)25-21(11-43-30(46-25)49-14-41-13-44-49)16-1-2-17-10-42-29(51)20(17)8-16/h1-2,5-6,8-9,11,13-14,22,28H,3-4,7,10,12H2,(H,42,51)(H,45,50). The van der Waals surface area contributed by atoms with Crippen LogP contribution in [-0.4, -0.2) is 46.3 Å². The molecule has 0 fully saturated rings. The molecule has 1 aliphatic carbocycles. The van der Waals surface area contributed by atoms with E-state index in [2.05, 4.69) is 35.8 Å². The largest absolute Gasteiger partial charge is 0.348 e. The summed E-state index contributed by atoms with van der Waals surface area (Å²) in [6.07, 6.45) is -3.07. The Hall–Kier alpha value is -5.75. The van der Waals surface area contributed by atoms with E-state index in [-0.39, 0.29) is 46.3 Å². The van der Waals surface area contributed by atoms with Crippen molar-refractivity contribution in [2.75, 3.05) is 0 Å². The van der Waals surface area contributed by atoms with E-state index < -0.39 is 78.2 Å². The minimum Gasteiger partial charge on any atom is -0.348 e. The Balaban J connectivity index is 1.33. The zero-order valence-electron chi connectivity index (χ0n) is 25.9. The van der Waals surface area contributed by atoms with Crippen molar-refractivity contribution in [1.29, 1.82) is 0 Å². The lowest BCUT2D eigenvalue weighted by Crippen LogP contribution is -2.37. The molecule has 1 aliphatic heterocycles. The molecule has 0 saturated carbocycles. The van der Waals surface area contributed by atoms with Gasteiger partial charge in [-0.25, -0.2) is 41.3 Å². The van der Waals surface area contributed by atoms with Gasteiger partial charge in [-0.15, -0.1) is 0 Å². The lowest BCUT2D eigenvalue weighted by molar-refractivity contribution is -0.123. The van der Waals surface area contributed by atoms with Crippen LogP contribution in [0.2, 0.25) is 0 Å². The van der Waals surface area contributed by atoms with Crippen LogP contribution in [0.5, 0.6) is 0 Å². The Morgan fingerprint density at radius 3 is 2.43 bits per heavy atom. The number of amides is 2. The highest BCUT2D eigenvalue weighted by Crippen LogP contribution is 2.52. The maximum absolute atomic E-state index is 15.1. The minimum atomic E-state index is -4.07. The first kappa shape index (κ1) is 33.7. The molecule has 0 radical (unpaired) electrons. The molecule has 11 nitrogen and oxygen atoms in total. The first-order valence-electron chi connectivity index (χ1n) is 15.2. The molecule has 0 spiro atoms. The fourth-order valence-corrected chi connectivity index (χ4v) is 6.27. The number of carbonyl (C=O) groups excluding carboxylic acids is 2. The average molecular weight is 718 g/mol. The van der Waals surface area contributed by atoms with Gasteiger partial charge in [-0.1, -0.05) is 12.1 Å². The normalized spacial score (nSPS) is 16.5. The monoisotopic (exact) mass is 717 g/mol. The predicted octanol–water partition coefficient (Wildman–Crippen LogP) is 5.46. The first-order chi connectivity index (χ1) is 24.2. The predicted molar refractivity (Wildman–Crippen MR) is 159 cm³/mol. The van der Waals surface area contributed by atoms with Crippen molar-refractivity contribution in [3.63, 3.8) is 0 Å². The minimum absolute atomic E-state index is 0.000583. The summed E-state index contributed by atoms with van der Waals surface area (Å²) in [6, 6.07) is 6.05. The highest BCUT2D eigenvalue weighted by molar-refractivity contribution is 5.99. The van der Waals surface area contributed by atoms with Crippen molar-refractivity contribution in [1.82, 2.24) is 45.1 Å². The summed E-state index contributed by atoms with van der Waals surface area (Å²) in [5.74, 6) is -11.6. The number of hydrogen-bond donors (Lipinski definition) is 2. The lowest BCUT2D eigenvalue weighted by Gasteiger charge is -2.29. The number of fused-ring (bicyclic) bond motifs is 2. The van der Waals surface area contributed by atoms with Crippen LogP contribution in [-0.2, 0) is 36.1 Å². The summed E-state index contributed by atoms with van der Waals surface area (Å²) in [5, 5.41) is 12.5. The maximum atomic E-state index is 15.1. The maximum Gasteiger partial charge on any atom is 0.290 e. The summed E-state index contributed by atoms with van der Waals surface area (Å²) < 4.78 is 117. The van der Waals surface area contributed by atoms with Crippen LogP contribution in [0.1, 0.15) is 69.4 Å². The first-order valence-corrected chi connectivity index (χ1v) is 15.2. The summed E-state index contributed by atoms with van der Waals surface area (Å²) in [4.78, 5) is 38.9. The smallest absolute Gasteiger partial charge is 0.290 e. The zero-order valence-corrected chi connectivity index (χ0v) is 25.9. The average Bonchev–Trinajstić information content (AvgIpc) is 3.83. The van der Waals surface area contributed by atoms with Crippen molar-refractivity contribution < 1.29 is 44.7 Å². The van der Waals surface area contributed by atoms with E-state index in [0.29, 0.717) is 22.8 Å². The van der Waals surface area contributed by atoms with Crippen LogP contribution < -0.4 is 10.6 Å². The van der Waals surface area contributed by atoms with Crippen LogP contribution in [0.4, 0.5) is 35.1 Å². The third-order valence-electron chi connectivity index (χ3n) is 8.51. The van der Waals surface area contributed by atoms with Crippen LogP contribution >= 0.6 is 0 Å². The van der Waals surface area contributed by atoms with Gasteiger partial charge in [0.1, 0.15) is 42.2 Å². The van der Waals surface area contributed by atoms with E-state index in [9.17, 15) is 35.9 Å². The fraction of sp³-hybridized carbons (Fsp3) is 0.281. The van der Waals surface area contributed by atoms with E-state index in [1.165, 1.54) is 18.9 Å². The molecule has 3 aromatic heterocycles. The molecule has 0 bridgehead atoms. The molecule has 51 heavy (non-hydrogen) atoms. The fourth-order valence-electron chi connectivity index (χ4n) is 6.27. The van der Waals surface area contributed by atoms with Gasteiger partial charge in [0.15, 0.2) is 0 Å². The summed E-state index contributed by atoms with van der Waals surface area (Å²) >= 11 is 0. The third-order valence-corrected chi connectivity index (χ3v) is 8.51. The van der Waals surface area contributed by atoms with Crippen LogP contribution in [0.25, 0.3) is 17.1 Å². The number of nitrogens with zero attached hydrogens (tertiary/aromatic N) is 7. The molecule has 1 unspecified atom stereocenters. The topological polar surface area (TPSA) is 133 Å². The molecule has 2 aliphatic rings. The van der Waals surface area contributed by atoms with Gasteiger partial charge < -0.3 is 10.6 Å². The number of benzene rings is 2. The van der Waals surface area contributed by atoms with Crippen LogP contribution in [0.3, 0.4) is 0 Å². The Morgan fingerprint density at radius 1 is 0.980 bits per heavy atom. The number of nitrogens with one attached hydrogen (secondary N) is 2. The Bertz CT molecular complexity index is 2150. The van der Waals surface area contributed by atoms with E-state index in [4.69, 9.17) is 0 Å². The van der Waals surface area contributed by atoms with Gasteiger partial charge in [0, 0.05) is 42.8 Å². The van der Waals surface area contributed by atoms with Gasteiger partial charge in [0.05, 0.1) is 17.3 Å². The van der Waals surface area contributed by atoms with Crippen molar-refractivity contribution in [3.8, 4) is 17.1 Å². The summed E-state index contributed by atoms with van der Waals surface area (Å²) in [6.45, 7) is -0.938. The Labute approximate surface area is 281 Å². The Kier molecular flexibility index (Phi) is 8.29. The lowest BCUT2D eigenvalue weighted by atomic mass is 9.89. The van der Waals surface area contributed by atoms with Gasteiger partial charge in [-0.3, -0.25) is 14.3 Å². The molecule has 19 heteroatoms. The molecule has 264 valence electrons. The SMILES string of the molecule is O=C(Cn1nc(C(F)F)c2c1C(F)(F)CCC2(F)F)NC(Cc1cc(F)cc(F)c1)c1nc(-n2cncn2)ncc1-c1ccc2c(c1)C(=O)NC2. The van der Waals surface area contributed by atoms with E-state index in [1.54, 1.807) is 18.2 Å². The molecule has 2 aromatic carbocycles. The van der Waals surface area contributed by atoms with Crippen LogP contribution in [0, 0.1) is 11.6 Å². The highest BCUT2D eigenvalue weighted by atomic mass is 19.3. The molecular weight excluding hydrogens is 694 g/mol. The third kappa shape index (κ3) is 6.38. The molecule has 0 saturated heterocycles. The van der Waals surface area contributed by atoms with Crippen molar-refractivity contribution in [2.24, 2.45) is 0 Å². The second-order valence-electron chi connectivity index (χ2n) is 11.9. The van der Waals surface area contributed by atoms with Crippen molar-refractivity contribution in [3.05, 3.63) is 106 Å². The van der Waals surface area contributed by atoms with Gasteiger partial charge in [0.2, 0.25) is 5.91 Å². The number of alkyl halides is 6. The Morgan fingerprint density at radius 2 is 1.73 bits per heavy atom. The van der Waals surface area contributed by atoms with Crippen molar-refractivity contribution >= 4 is 11.8 Å². The quantitative estimate of drug-likeness (QED) is 0.194. The summed E-state index contributed by atoms with van der Waals surface area (Å²) in [5.41, 5.74) is -3.12. The molecular formula is C32H23F8N9O2. The van der Waals surface area contributed by atoms with Crippen LogP contribution in [0.15, 0.2) is 55.2 Å². The molecule has 7 rings (SSSR count). The van der Waals surface area contributed by atoms with E-state index in [0.717, 1.165) is 16.8 Å². The highest BCUT2D eigenvalue weighted by Gasteiger charge is 2.55. The zero-order chi connectivity index (χ0) is 36.2. The van der Waals surface area contributed by atoms with Gasteiger partial charge in [-0.2, -0.15) is 23.7 Å². The molecule has 1 atom stereocenters. The molecule has 2 amide bonds. The van der Waals surface area contributed by atoms with Gasteiger partial charge in [-0.05, 0) is 41.3 Å².